The first-order chi connectivity index (χ1) is 5.24. The molecule has 0 bridgehead atoms. The maximum atomic E-state index is 12.0. The first-order valence-corrected chi connectivity index (χ1v) is 4.16. The number of alkyl halides is 3. The van der Waals surface area contributed by atoms with Crippen LogP contribution in [0.1, 0.15) is 17.8 Å². The first kappa shape index (κ1) is 12.0. The molecule has 0 aliphatic rings. The van der Waals surface area contributed by atoms with Gasteiger partial charge in [-0.15, -0.1) is 17.0 Å². The topological polar surface area (TPSA) is 12.9 Å². The Morgan fingerprint density at radius 2 is 2.08 bits per heavy atom. The van der Waals surface area contributed by atoms with Crippen LogP contribution in [-0.2, 0) is 5.33 Å². The molecule has 12 heavy (non-hydrogen) atoms. The molecule has 0 saturated heterocycles. The monoisotopic (exact) mass is 301 g/mol. The second-order valence-electron chi connectivity index (χ2n) is 1.99. The summed E-state index contributed by atoms with van der Waals surface area (Å²) >= 11 is 3.13. The van der Waals surface area contributed by atoms with E-state index >= 15 is 0 Å². The van der Waals surface area contributed by atoms with E-state index in [1.165, 1.54) is 6.07 Å². The zero-order valence-electron chi connectivity index (χ0n) is 6.01. The largest absolute Gasteiger partial charge is 0.280 e. The number of aromatic nitrogens is 1. The average Bonchev–Trinajstić information content (AvgIpc) is 2.05. The molecule has 1 aromatic heterocycles. The molecule has 0 atom stereocenters. The van der Waals surface area contributed by atoms with Crippen LogP contribution in [-0.4, -0.2) is 4.98 Å². The molecule has 0 aliphatic heterocycles. The summed E-state index contributed by atoms with van der Waals surface area (Å²) in [4.78, 5) is 3.69. The normalized spacial score (nSPS) is 9.67. The maximum Gasteiger partial charge on any atom is 0.280 e. The molecule has 1 aromatic rings. The number of rotatable bonds is 2. The molecule has 0 spiro atoms. The lowest BCUT2D eigenvalue weighted by atomic mass is 10.3. The fraction of sp³-hybridized carbons (Fsp3) is 0.286. The van der Waals surface area contributed by atoms with Crippen LogP contribution < -0.4 is 0 Å². The Balaban J connectivity index is 0.00000121. The quantitative estimate of drug-likeness (QED) is 0.762. The van der Waals surface area contributed by atoms with Crippen molar-refractivity contribution < 1.29 is 8.78 Å². The highest BCUT2D eigenvalue weighted by Crippen LogP contribution is 2.16. The van der Waals surface area contributed by atoms with Crippen LogP contribution in [0.15, 0.2) is 18.2 Å². The average molecular weight is 303 g/mol. The molecule has 0 amide bonds. The summed E-state index contributed by atoms with van der Waals surface area (Å²) in [6, 6.07) is 4.59. The molecule has 0 radical (unpaired) electrons. The van der Waals surface area contributed by atoms with Crippen LogP contribution in [0.5, 0.6) is 0 Å². The lowest BCUT2D eigenvalue weighted by molar-refractivity contribution is 0.146. The zero-order valence-corrected chi connectivity index (χ0v) is 9.30. The first-order valence-electron chi connectivity index (χ1n) is 3.04. The molecule has 0 saturated carbocycles. The van der Waals surface area contributed by atoms with E-state index in [1.54, 1.807) is 12.1 Å². The molecule has 0 N–H and O–H groups in total. The number of hydrogen-bond donors (Lipinski definition) is 0. The summed E-state index contributed by atoms with van der Waals surface area (Å²) in [6.07, 6.45) is -2.48. The Bertz CT molecular complexity index is 243. The van der Waals surface area contributed by atoms with Gasteiger partial charge < -0.3 is 0 Å². The molecular formula is C7H7Br2F2N. The number of halogens is 4. The van der Waals surface area contributed by atoms with Crippen molar-refractivity contribution in [3.05, 3.63) is 29.6 Å². The summed E-state index contributed by atoms with van der Waals surface area (Å²) in [5.74, 6) is 0. The lowest BCUT2D eigenvalue weighted by Crippen LogP contribution is -1.92. The fourth-order valence-electron chi connectivity index (χ4n) is 0.694. The van der Waals surface area contributed by atoms with E-state index in [2.05, 4.69) is 20.9 Å². The van der Waals surface area contributed by atoms with Crippen LogP contribution in [0, 0.1) is 0 Å². The van der Waals surface area contributed by atoms with Gasteiger partial charge in [0.1, 0.15) is 5.69 Å². The minimum absolute atomic E-state index is 0. The summed E-state index contributed by atoms with van der Waals surface area (Å²) in [6.45, 7) is 0. The minimum atomic E-state index is -2.48. The van der Waals surface area contributed by atoms with E-state index in [9.17, 15) is 8.78 Å². The fourth-order valence-corrected chi connectivity index (χ4v) is 1.01. The van der Waals surface area contributed by atoms with Gasteiger partial charge in [0.25, 0.3) is 6.43 Å². The van der Waals surface area contributed by atoms with E-state index in [-0.39, 0.29) is 22.7 Å². The SMILES string of the molecule is Br.FC(F)c1cccc(CBr)n1. The lowest BCUT2D eigenvalue weighted by Gasteiger charge is -1.99. The van der Waals surface area contributed by atoms with Gasteiger partial charge in [0.05, 0.1) is 5.69 Å². The van der Waals surface area contributed by atoms with Gasteiger partial charge in [-0.1, -0.05) is 22.0 Å². The van der Waals surface area contributed by atoms with Crippen LogP contribution in [0.25, 0.3) is 0 Å². The molecule has 0 unspecified atom stereocenters. The Hall–Kier alpha value is -0.0300. The molecule has 0 aromatic carbocycles. The molecule has 0 fully saturated rings. The van der Waals surface area contributed by atoms with Crippen molar-refractivity contribution in [1.29, 1.82) is 0 Å². The van der Waals surface area contributed by atoms with Gasteiger partial charge in [0.15, 0.2) is 0 Å². The van der Waals surface area contributed by atoms with E-state index < -0.39 is 6.43 Å². The van der Waals surface area contributed by atoms with Gasteiger partial charge >= 0.3 is 0 Å². The summed E-state index contributed by atoms with van der Waals surface area (Å²) in [7, 11) is 0. The Labute approximate surface area is 88.1 Å². The van der Waals surface area contributed by atoms with Crippen molar-refractivity contribution in [2.24, 2.45) is 0 Å². The maximum absolute atomic E-state index is 12.0. The summed E-state index contributed by atoms with van der Waals surface area (Å²) < 4.78 is 24.0. The summed E-state index contributed by atoms with van der Waals surface area (Å²) in [5.41, 5.74) is 0.463. The third-order valence-electron chi connectivity index (χ3n) is 1.19. The second-order valence-corrected chi connectivity index (χ2v) is 2.55. The van der Waals surface area contributed by atoms with Crippen molar-refractivity contribution in [3.8, 4) is 0 Å². The van der Waals surface area contributed by atoms with E-state index in [1.807, 2.05) is 0 Å². The Morgan fingerprint density at radius 1 is 1.42 bits per heavy atom. The molecule has 0 aliphatic carbocycles. The van der Waals surface area contributed by atoms with Crippen LogP contribution in [0.4, 0.5) is 8.78 Å². The minimum Gasteiger partial charge on any atom is -0.251 e. The van der Waals surface area contributed by atoms with Crippen molar-refractivity contribution >= 4 is 32.9 Å². The second kappa shape index (κ2) is 5.59. The third-order valence-corrected chi connectivity index (χ3v) is 1.76. The van der Waals surface area contributed by atoms with Crippen LogP contribution >= 0.6 is 32.9 Å². The Morgan fingerprint density at radius 3 is 2.58 bits per heavy atom. The van der Waals surface area contributed by atoms with Crippen LogP contribution in [0.2, 0.25) is 0 Å². The predicted octanol–water partition coefficient (Wildman–Crippen LogP) is 3.49. The van der Waals surface area contributed by atoms with Gasteiger partial charge in [-0.05, 0) is 12.1 Å². The van der Waals surface area contributed by atoms with E-state index in [4.69, 9.17) is 0 Å². The van der Waals surface area contributed by atoms with Crippen molar-refractivity contribution in [3.63, 3.8) is 0 Å². The van der Waals surface area contributed by atoms with E-state index in [0.717, 1.165) is 0 Å². The van der Waals surface area contributed by atoms with Crippen molar-refractivity contribution in [1.82, 2.24) is 4.98 Å². The van der Waals surface area contributed by atoms with Crippen molar-refractivity contribution in [2.45, 2.75) is 11.8 Å². The third kappa shape index (κ3) is 3.15. The standard InChI is InChI=1S/C7H6BrF2N.BrH/c8-4-5-2-1-3-6(11-5)7(9)10;/h1-3,7H,4H2;1H. The van der Waals surface area contributed by atoms with Gasteiger partial charge in [0, 0.05) is 5.33 Å². The highest BCUT2D eigenvalue weighted by atomic mass is 79.9. The van der Waals surface area contributed by atoms with Gasteiger partial charge in [-0.3, -0.25) is 4.98 Å². The molecule has 5 heteroatoms. The van der Waals surface area contributed by atoms with Gasteiger partial charge in [-0.2, -0.15) is 0 Å². The molecule has 1 nitrogen and oxygen atoms in total. The van der Waals surface area contributed by atoms with Gasteiger partial charge in [0.2, 0.25) is 0 Å². The molecule has 1 rings (SSSR count). The predicted molar refractivity (Wildman–Crippen MR) is 52.1 cm³/mol. The highest BCUT2D eigenvalue weighted by Gasteiger charge is 2.07. The molecule has 1 heterocycles. The Kier molecular flexibility index (Phi) is 5.57. The number of nitrogens with zero attached hydrogens (tertiary/aromatic N) is 1. The summed E-state index contributed by atoms with van der Waals surface area (Å²) in [5, 5.41) is 0.507. The van der Waals surface area contributed by atoms with Crippen LogP contribution in [0.3, 0.4) is 0 Å². The smallest absolute Gasteiger partial charge is 0.251 e. The highest BCUT2D eigenvalue weighted by molar-refractivity contribution is 9.08. The van der Waals surface area contributed by atoms with Gasteiger partial charge in [-0.25, -0.2) is 8.78 Å². The zero-order chi connectivity index (χ0) is 8.27. The number of hydrogen-bond acceptors (Lipinski definition) is 1. The van der Waals surface area contributed by atoms with Crippen molar-refractivity contribution in [2.75, 3.05) is 0 Å². The van der Waals surface area contributed by atoms with E-state index in [0.29, 0.717) is 11.0 Å². The number of pyridine rings is 1. The molecule has 68 valence electrons. The molecular weight excluding hydrogens is 296 g/mol.